The summed E-state index contributed by atoms with van der Waals surface area (Å²) in [5, 5.41) is 19.2. The van der Waals surface area contributed by atoms with Crippen molar-refractivity contribution < 1.29 is 47.5 Å². The van der Waals surface area contributed by atoms with E-state index in [9.17, 15) is 38.4 Å². The van der Waals surface area contributed by atoms with E-state index in [1.165, 1.54) is 25.1 Å². The van der Waals surface area contributed by atoms with Crippen molar-refractivity contribution in [2.24, 2.45) is 12.8 Å². The Balaban J connectivity index is 0.643. The molecule has 3 aromatic heterocycles. The van der Waals surface area contributed by atoms with Crippen LogP contribution < -0.4 is 26.6 Å². The third-order valence-electron chi connectivity index (χ3n) is 17.8. The Morgan fingerprint density at radius 1 is 0.775 bits per heavy atom. The highest BCUT2D eigenvalue weighted by molar-refractivity contribution is 6.00. The number of hydrogen-bond donors (Lipinski definition) is 4. The van der Waals surface area contributed by atoms with E-state index in [-0.39, 0.29) is 85.6 Å². The molecule has 4 aliphatic rings. The number of anilines is 3. The summed E-state index contributed by atoms with van der Waals surface area (Å²) in [6.45, 7) is 4.47. The maximum atomic E-state index is 16.0. The molecule has 472 valence electrons. The van der Waals surface area contributed by atoms with Crippen LogP contribution in [0.5, 0.6) is 0 Å². The van der Waals surface area contributed by atoms with Crippen LogP contribution in [0.15, 0.2) is 67.0 Å². The summed E-state index contributed by atoms with van der Waals surface area (Å²) in [6.07, 6.45) is 10.4. The highest BCUT2D eigenvalue weighted by atomic mass is 19.1. The second-order valence-electron chi connectivity index (χ2n) is 23.7. The van der Waals surface area contributed by atoms with Gasteiger partial charge in [-0.05, 0) is 98.7 Å². The number of unbranched alkanes of at least 4 members (excludes halogenated alkanes) is 2. The standard InChI is InChI=1S/C63H79FN16O9/c1-73-30-31-79(63(73)88)45-10-9-25-78(37-45)51-35-68-60(61(65)87)62(71-51)70-44-16-14-40(15-17-44)41-20-26-76(27-21-41)54(83)13-6-5-7-24-66-52(81)18-19-55(84)77-28-22-42(23-29-77)59-58-46(47-33-50-43(32-48(47)64)34-69-75(50)3)11-8-12-49(58)80(72-59)39-56(85)74(2)38-53(82)67-36-57(86)89-4/h8,11-12,14-17,32-35,41-42,45H,5-7,9-10,13,18-31,36-39H2,1-4H3,(H2,65,87)(H,66,81)(H,67,82)(H,70,71)/t45-/m1/s1. The molecule has 25 nitrogen and oxygen atoms in total. The number of primary amides is 1. The number of carbonyl (C=O) groups excluding carboxylic acids is 8. The van der Waals surface area contributed by atoms with Crippen molar-refractivity contribution in [3.05, 3.63) is 89.8 Å². The number of fused-ring (bicyclic) bond motifs is 2. The molecule has 3 aromatic carbocycles. The zero-order valence-electron chi connectivity index (χ0n) is 51.0. The quantitative estimate of drug-likeness (QED) is 0.0484. The van der Waals surface area contributed by atoms with Crippen molar-refractivity contribution >= 4 is 86.6 Å². The normalized spacial score (nSPS) is 16.7. The number of halogens is 1. The number of urea groups is 1. The van der Waals surface area contributed by atoms with Gasteiger partial charge in [-0.2, -0.15) is 10.2 Å². The topological polar surface area (TPSA) is 289 Å². The second kappa shape index (κ2) is 28.3. The number of likely N-dealkylation sites (N-methyl/N-ethyl adjacent to an activating group) is 2. The fourth-order valence-electron chi connectivity index (χ4n) is 12.6. The zero-order valence-corrected chi connectivity index (χ0v) is 51.0. The number of amides is 8. The molecule has 0 spiro atoms. The molecule has 0 bridgehead atoms. The highest BCUT2D eigenvalue weighted by Crippen LogP contribution is 2.40. The Labute approximate surface area is 515 Å². The van der Waals surface area contributed by atoms with Crippen molar-refractivity contribution in [3.8, 4) is 11.1 Å². The summed E-state index contributed by atoms with van der Waals surface area (Å²) in [6, 6.07) is 16.7. The van der Waals surface area contributed by atoms with Crippen LogP contribution in [-0.4, -0.2) is 201 Å². The summed E-state index contributed by atoms with van der Waals surface area (Å²) in [7, 11) is 6.29. The maximum Gasteiger partial charge on any atom is 0.325 e. The molecule has 26 heteroatoms. The van der Waals surface area contributed by atoms with E-state index < -0.39 is 29.5 Å². The van der Waals surface area contributed by atoms with Gasteiger partial charge in [-0.1, -0.05) is 30.7 Å². The Kier molecular flexibility index (Phi) is 20.0. The van der Waals surface area contributed by atoms with E-state index in [1.807, 2.05) is 41.1 Å². The minimum Gasteiger partial charge on any atom is -0.468 e. The number of methoxy groups -OCH3 is 1. The van der Waals surface area contributed by atoms with E-state index in [2.05, 4.69) is 47.8 Å². The lowest BCUT2D eigenvalue weighted by atomic mass is 9.88. The molecule has 4 fully saturated rings. The summed E-state index contributed by atoms with van der Waals surface area (Å²) < 4.78 is 23.9. The van der Waals surface area contributed by atoms with E-state index in [4.69, 9.17) is 15.8 Å². The monoisotopic (exact) mass is 1220 g/mol. The minimum absolute atomic E-state index is 0.0366. The molecule has 10 rings (SSSR count). The first kappa shape index (κ1) is 62.8. The zero-order chi connectivity index (χ0) is 62.9. The van der Waals surface area contributed by atoms with Crippen LogP contribution in [0.25, 0.3) is 32.9 Å². The van der Waals surface area contributed by atoms with Crippen LogP contribution in [0.1, 0.15) is 111 Å². The van der Waals surface area contributed by atoms with Crippen molar-refractivity contribution in [2.75, 3.05) is 103 Å². The molecule has 1 atom stereocenters. The van der Waals surface area contributed by atoms with Crippen LogP contribution in [0, 0.1) is 5.82 Å². The summed E-state index contributed by atoms with van der Waals surface area (Å²) in [4.78, 5) is 122. The smallest absolute Gasteiger partial charge is 0.325 e. The van der Waals surface area contributed by atoms with E-state index in [1.54, 1.807) is 50.7 Å². The SMILES string of the molecule is COC(=O)CNC(=O)CN(C)C(=O)Cn1nc(C2CCN(C(=O)CCC(=O)NCCCCCC(=O)N3CCC(c4ccc(Nc5nc(N6CCC[C@@H](N7CCN(C)C7=O)C6)cnc5C(N)=O)cc4)CC3)CC2)c2c(-c3cc4c(cnn4C)cc3F)cccc21. The number of rotatable bonds is 23. The molecule has 6 aromatic rings. The lowest BCUT2D eigenvalue weighted by Crippen LogP contribution is -2.49. The molecule has 7 heterocycles. The Morgan fingerprint density at radius 2 is 1.51 bits per heavy atom. The van der Waals surface area contributed by atoms with Gasteiger partial charge in [0.05, 0.1) is 48.8 Å². The third-order valence-corrected chi connectivity index (χ3v) is 17.8. The first-order valence-corrected chi connectivity index (χ1v) is 30.7. The number of hydrogen-bond acceptors (Lipinski definition) is 15. The molecular weight excluding hydrogens is 1140 g/mol. The van der Waals surface area contributed by atoms with Crippen LogP contribution in [0.4, 0.5) is 26.5 Å². The van der Waals surface area contributed by atoms with Gasteiger partial charge in [0.1, 0.15) is 24.7 Å². The number of esters is 1. The number of aryl methyl sites for hydroxylation is 1. The Morgan fingerprint density at radius 3 is 2.21 bits per heavy atom. The lowest BCUT2D eigenvalue weighted by molar-refractivity contribution is -0.141. The van der Waals surface area contributed by atoms with Crippen LogP contribution in [0.3, 0.4) is 0 Å². The number of benzene rings is 3. The van der Waals surface area contributed by atoms with Gasteiger partial charge < -0.3 is 55.8 Å². The average Bonchev–Trinajstić information content (AvgIpc) is 1.75. The number of likely N-dealkylation sites (tertiary alicyclic amines) is 2. The first-order valence-electron chi connectivity index (χ1n) is 30.7. The number of carbonyl (C=O) groups is 8. The van der Waals surface area contributed by atoms with Gasteiger partial charge in [-0.25, -0.2) is 19.2 Å². The Hall–Kier alpha value is -9.23. The van der Waals surface area contributed by atoms with Crippen LogP contribution in [0.2, 0.25) is 0 Å². The number of nitrogens with zero attached hydrogens (tertiary/aromatic N) is 12. The number of ether oxygens (including phenoxy) is 1. The van der Waals surface area contributed by atoms with Gasteiger partial charge in [0.25, 0.3) is 5.91 Å². The summed E-state index contributed by atoms with van der Waals surface area (Å²) in [5.74, 6) is -1.97. The molecule has 5 N–H and O–H groups in total. The van der Waals surface area contributed by atoms with Gasteiger partial charge in [0, 0.05) is 127 Å². The van der Waals surface area contributed by atoms with Crippen molar-refractivity contribution in [3.63, 3.8) is 0 Å². The lowest BCUT2D eigenvalue weighted by Gasteiger charge is -2.37. The van der Waals surface area contributed by atoms with Gasteiger partial charge in [-0.15, -0.1) is 0 Å². The van der Waals surface area contributed by atoms with Crippen molar-refractivity contribution in [1.82, 2.24) is 64.7 Å². The van der Waals surface area contributed by atoms with E-state index in [0.717, 1.165) is 55.4 Å². The fourth-order valence-corrected chi connectivity index (χ4v) is 12.6. The molecular formula is C63H79FN16O9. The third kappa shape index (κ3) is 14.9. The summed E-state index contributed by atoms with van der Waals surface area (Å²) in [5.41, 5.74) is 10.6. The predicted molar refractivity (Wildman–Crippen MR) is 330 cm³/mol. The van der Waals surface area contributed by atoms with Gasteiger partial charge in [0.2, 0.25) is 29.5 Å². The van der Waals surface area contributed by atoms with E-state index in [0.29, 0.717) is 123 Å². The largest absolute Gasteiger partial charge is 0.468 e. The molecule has 0 saturated carbocycles. The number of aromatic nitrogens is 6. The number of piperidine rings is 3. The van der Waals surface area contributed by atoms with Gasteiger partial charge in [-0.3, -0.25) is 42.9 Å². The average molecular weight is 1220 g/mol. The predicted octanol–water partition coefficient (Wildman–Crippen LogP) is 5.01. The molecule has 8 amide bonds. The maximum absolute atomic E-state index is 16.0. The van der Waals surface area contributed by atoms with Gasteiger partial charge >= 0.3 is 12.0 Å². The molecule has 4 aliphatic heterocycles. The summed E-state index contributed by atoms with van der Waals surface area (Å²) >= 11 is 0. The molecule has 0 aliphatic carbocycles. The molecule has 0 unspecified atom stereocenters. The van der Waals surface area contributed by atoms with Crippen molar-refractivity contribution in [1.29, 1.82) is 0 Å². The number of nitrogens with one attached hydrogen (secondary N) is 3. The van der Waals surface area contributed by atoms with Crippen LogP contribution in [-0.2, 0) is 47.1 Å². The van der Waals surface area contributed by atoms with Gasteiger partial charge in [0.15, 0.2) is 11.5 Å². The first-order chi connectivity index (χ1) is 42.9. The molecule has 4 saturated heterocycles. The fraction of sp³-hybridized carbons (Fsp3) is 0.492. The minimum atomic E-state index is -0.693. The molecule has 89 heavy (non-hydrogen) atoms. The van der Waals surface area contributed by atoms with Crippen LogP contribution >= 0.6 is 0 Å². The van der Waals surface area contributed by atoms with Crippen molar-refractivity contribution in [2.45, 2.75) is 101 Å². The Bertz CT molecular complexity index is 3610. The van der Waals surface area contributed by atoms with E-state index >= 15 is 4.39 Å². The molecule has 0 radical (unpaired) electrons. The highest BCUT2D eigenvalue weighted by Gasteiger charge is 2.36. The number of nitrogens with two attached hydrogens (primary N) is 1. The second-order valence-corrected chi connectivity index (χ2v) is 23.7.